The summed E-state index contributed by atoms with van der Waals surface area (Å²) in [5.74, 6) is 0. The molecule has 0 aromatic heterocycles. The molecule has 4 heteroatoms. The molecule has 0 bridgehead atoms. The first-order valence-electron chi connectivity index (χ1n) is 2.20. The fourth-order valence-electron chi connectivity index (χ4n) is 0. The first-order valence-corrected chi connectivity index (χ1v) is 4.78. The van der Waals surface area contributed by atoms with E-state index in [4.69, 9.17) is 5.73 Å². The molecular formula is C4H14Cl2NSi. The van der Waals surface area contributed by atoms with Crippen LogP contribution in [0.4, 0.5) is 0 Å². The third-order valence-corrected chi connectivity index (χ3v) is 2.73. The summed E-state index contributed by atoms with van der Waals surface area (Å²) in [6, 6.07) is 0. The minimum atomic E-state index is -0.174. The van der Waals surface area contributed by atoms with Crippen molar-refractivity contribution in [3.05, 3.63) is 0 Å². The van der Waals surface area contributed by atoms with Crippen LogP contribution in [0.2, 0.25) is 13.1 Å². The van der Waals surface area contributed by atoms with Gasteiger partial charge in [0.25, 0.3) is 0 Å². The summed E-state index contributed by atoms with van der Waals surface area (Å²) in [6.07, 6.45) is 0. The summed E-state index contributed by atoms with van der Waals surface area (Å²) in [5.41, 5.74) is 5.93. The highest BCUT2D eigenvalue weighted by Crippen LogP contribution is 1.81. The largest absolute Gasteiger partial charge is 0.331 e. The van der Waals surface area contributed by atoms with Crippen molar-refractivity contribution in [1.29, 1.82) is 0 Å². The van der Waals surface area contributed by atoms with Crippen molar-refractivity contribution < 1.29 is 0 Å². The normalized spacial score (nSPS) is 11.6. The van der Waals surface area contributed by atoms with Gasteiger partial charge in [-0.3, -0.25) is 0 Å². The van der Waals surface area contributed by atoms with Crippen LogP contribution in [0.3, 0.4) is 0 Å². The predicted octanol–water partition coefficient (Wildman–Crippen LogP) is 1.47. The lowest BCUT2D eigenvalue weighted by Gasteiger charge is -2.03. The number of rotatable bonds is 1. The quantitative estimate of drug-likeness (QED) is 0.600. The molecule has 0 spiro atoms. The molecule has 8 heavy (non-hydrogen) atoms. The van der Waals surface area contributed by atoms with Crippen molar-refractivity contribution in [3.8, 4) is 0 Å². The van der Waals surface area contributed by atoms with Crippen LogP contribution in [0.25, 0.3) is 0 Å². The minimum Gasteiger partial charge on any atom is -0.331 e. The van der Waals surface area contributed by atoms with Gasteiger partial charge in [0.15, 0.2) is 0 Å². The van der Waals surface area contributed by atoms with Crippen LogP contribution >= 0.6 is 24.8 Å². The second kappa shape index (κ2) is 7.76. The molecule has 0 aliphatic carbocycles. The summed E-state index contributed by atoms with van der Waals surface area (Å²) in [7, 11) is -0.174. The number of hydrogen-bond acceptors (Lipinski definition) is 1. The Morgan fingerprint density at radius 2 is 1.38 bits per heavy atom. The Hall–Kier alpha value is 0.757. The standard InChI is InChI=1S/C4H12NSi.2ClH/c1-4(5)6(2)3;;/h4H,5H2,1-3H3;2*1H. The molecule has 0 saturated carbocycles. The molecule has 0 aromatic rings. The Morgan fingerprint density at radius 1 is 1.25 bits per heavy atom. The van der Waals surface area contributed by atoms with E-state index in [-0.39, 0.29) is 33.6 Å². The fourth-order valence-corrected chi connectivity index (χ4v) is 0. The molecule has 0 aromatic carbocycles. The Morgan fingerprint density at radius 3 is 1.38 bits per heavy atom. The second-order valence-corrected chi connectivity index (χ2v) is 4.93. The maximum Gasteiger partial charge on any atom is 0.0616 e. The minimum absolute atomic E-state index is 0. The molecule has 1 unspecified atom stereocenters. The highest BCUT2D eigenvalue weighted by atomic mass is 35.5. The Balaban J connectivity index is -0.000000125. The maximum absolute atomic E-state index is 5.48. The van der Waals surface area contributed by atoms with E-state index in [9.17, 15) is 0 Å². The Bertz CT molecular complexity index is 35.0. The highest BCUT2D eigenvalue weighted by Gasteiger charge is 1.98. The molecule has 1 atom stereocenters. The van der Waals surface area contributed by atoms with Crippen molar-refractivity contribution in [1.82, 2.24) is 0 Å². The molecule has 1 nitrogen and oxygen atoms in total. The maximum atomic E-state index is 5.48. The van der Waals surface area contributed by atoms with Gasteiger partial charge < -0.3 is 5.73 Å². The summed E-state index contributed by atoms with van der Waals surface area (Å²) >= 11 is 0. The van der Waals surface area contributed by atoms with Gasteiger partial charge in [0.05, 0.1) is 8.80 Å². The topological polar surface area (TPSA) is 26.0 Å². The molecule has 2 N–H and O–H groups in total. The number of nitrogens with two attached hydrogens (primary N) is 1. The van der Waals surface area contributed by atoms with Gasteiger partial charge in [-0.05, 0) is 5.67 Å². The van der Waals surface area contributed by atoms with E-state index in [1.54, 1.807) is 0 Å². The second-order valence-electron chi connectivity index (χ2n) is 1.87. The monoisotopic (exact) mass is 174 g/mol. The van der Waals surface area contributed by atoms with E-state index in [2.05, 4.69) is 20.0 Å². The molecule has 0 amide bonds. The van der Waals surface area contributed by atoms with E-state index in [0.29, 0.717) is 5.67 Å². The van der Waals surface area contributed by atoms with E-state index < -0.39 is 0 Å². The Labute approximate surface area is 65.5 Å². The Kier molecular flexibility index (Phi) is 15.4. The molecule has 1 radical (unpaired) electrons. The van der Waals surface area contributed by atoms with Crippen molar-refractivity contribution in [3.63, 3.8) is 0 Å². The van der Waals surface area contributed by atoms with Crippen LogP contribution in [0.5, 0.6) is 0 Å². The first-order chi connectivity index (χ1) is 2.64. The van der Waals surface area contributed by atoms with Crippen LogP contribution in [0, 0.1) is 0 Å². The lowest BCUT2D eigenvalue weighted by molar-refractivity contribution is 0.998. The zero-order chi connectivity index (χ0) is 5.15. The number of halogens is 2. The molecule has 53 valence electrons. The SMILES string of the molecule is CC(N)[Si](C)C.Cl.Cl. The highest BCUT2D eigenvalue weighted by molar-refractivity contribution is 6.57. The van der Waals surface area contributed by atoms with E-state index in [1.807, 2.05) is 0 Å². The smallest absolute Gasteiger partial charge is 0.0616 e. The predicted molar refractivity (Wildman–Crippen MR) is 45.6 cm³/mol. The average molecular weight is 175 g/mol. The molecule has 0 aliphatic rings. The van der Waals surface area contributed by atoms with Gasteiger partial charge in [0.2, 0.25) is 0 Å². The van der Waals surface area contributed by atoms with Gasteiger partial charge in [0, 0.05) is 0 Å². The van der Waals surface area contributed by atoms with Crippen LogP contribution in [0.1, 0.15) is 6.92 Å². The van der Waals surface area contributed by atoms with Gasteiger partial charge >= 0.3 is 0 Å². The van der Waals surface area contributed by atoms with Gasteiger partial charge in [-0.2, -0.15) is 0 Å². The van der Waals surface area contributed by atoms with Crippen LogP contribution in [-0.2, 0) is 0 Å². The zero-order valence-corrected chi connectivity index (χ0v) is 8.10. The molecule has 0 heterocycles. The average Bonchev–Trinajstić information content (AvgIpc) is 1.36. The van der Waals surface area contributed by atoms with E-state index >= 15 is 0 Å². The van der Waals surface area contributed by atoms with Gasteiger partial charge in [0.1, 0.15) is 0 Å². The molecular weight excluding hydrogens is 161 g/mol. The molecule has 0 rings (SSSR count). The molecule has 0 fully saturated rings. The lowest BCUT2D eigenvalue weighted by Crippen LogP contribution is -2.29. The van der Waals surface area contributed by atoms with Crippen molar-refractivity contribution >= 4 is 33.6 Å². The van der Waals surface area contributed by atoms with Crippen LogP contribution < -0.4 is 5.73 Å². The molecule has 0 aliphatic heterocycles. The lowest BCUT2D eigenvalue weighted by atomic mass is 10.8. The van der Waals surface area contributed by atoms with E-state index in [1.165, 1.54) is 0 Å². The van der Waals surface area contributed by atoms with Crippen molar-refractivity contribution in [2.75, 3.05) is 0 Å². The summed E-state index contributed by atoms with van der Waals surface area (Å²) < 4.78 is 0. The van der Waals surface area contributed by atoms with Gasteiger partial charge in [-0.15, -0.1) is 24.8 Å². The first kappa shape index (κ1) is 15.9. The number of hydrogen-bond donors (Lipinski definition) is 1. The summed E-state index contributed by atoms with van der Waals surface area (Å²) in [6.45, 7) is 6.50. The molecule has 0 saturated heterocycles. The van der Waals surface area contributed by atoms with Crippen molar-refractivity contribution in [2.24, 2.45) is 5.73 Å². The zero-order valence-electron chi connectivity index (χ0n) is 5.47. The fraction of sp³-hybridized carbons (Fsp3) is 1.00. The van der Waals surface area contributed by atoms with Crippen LogP contribution in [0.15, 0.2) is 0 Å². The third kappa shape index (κ3) is 9.90. The summed E-state index contributed by atoms with van der Waals surface area (Å²) in [4.78, 5) is 0. The van der Waals surface area contributed by atoms with Gasteiger partial charge in [-0.1, -0.05) is 20.0 Å². The summed E-state index contributed by atoms with van der Waals surface area (Å²) in [5, 5.41) is 0. The van der Waals surface area contributed by atoms with Crippen molar-refractivity contribution in [2.45, 2.75) is 25.7 Å². The van der Waals surface area contributed by atoms with E-state index in [0.717, 1.165) is 0 Å². The van der Waals surface area contributed by atoms with Crippen LogP contribution in [-0.4, -0.2) is 14.5 Å². The van der Waals surface area contributed by atoms with Gasteiger partial charge in [-0.25, -0.2) is 0 Å². The third-order valence-electron chi connectivity index (χ3n) is 0.911.